The van der Waals surface area contributed by atoms with Crippen LogP contribution in [0.25, 0.3) is 0 Å². The molecule has 1 aliphatic rings. The Balaban J connectivity index is 2.12. The molecule has 2 unspecified atom stereocenters. The van der Waals surface area contributed by atoms with E-state index in [0.717, 1.165) is 56.1 Å². The minimum atomic E-state index is -0.278. The number of rotatable bonds is 6. The maximum absolute atomic E-state index is 10.2. The molecule has 0 saturated heterocycles. The lowest BCUT2D eigenvalue weighted by Gasteiger charge is -2.22. The second-order valence-corrected chi connectivity index (χ2v) is 5.79. The average molecular weight is 292 g/mol. The maximum Gasteiger partial charge on any atom is 0.133 e. The predicted octanol–water partition coefficient (Wildman–Crippen LogP) is 2.97. The van der Waals surface area contributed by atoms with Crippen molar-refractivity contribution < 1.29 is 5.11 Å². The molecule has 5 nitrogen and oxygen atoms in total. The second-order valence-electron chi connectivity index (χ2n) is 5.79. The van der Waals surface area contributed by atoms with E-state index in [1.54, 1.807) is 0 Å². The number of aliphatic hydroxyl groups is 1. The van der Waals surface area contributed by atoms with Crippen molar-refractivity contribution >= 4 is 11.6 Å². The molecule has 0 bridgehead atoms. The molecule has 1 fully saturated rings. The SMILES string of the molecule is CCCc1nc(NCC)cc(NC2CCCCCC2O)n1. The molecule has 1 aliphatic carbocycles. The highest BCUT2D eigenvalue weighted by molar-refractivity contribution is 5.48. The zero-order valence-electron chi connectivity index (χ0n) is 13.2. The third-order valence-corrected chi connectivity index (χ3v) is 3.92. The van der Waals surface area contributed by atoms with E-state index < -0.39 is 0 Å². The van der Waals surface area contributed by atoms with Gasteiger partial charge >= 0.3 is 0 Å². The average Bonchev–Trinajstić information content (AvgIpc) is 2.65. The molecule has 1 saturated carbocycles. The molecule has 1 aromatic heterocycles. The number of aliphatic hydroxyl groups excluding tert-OH is 1. The van der Waals surface area contributed by atoms with Crippen LogP contribution in [-0.2, 0) is 6.42 Å². The third kappa shape index (κ3) is 4.84. The molecule has 5 heteroatoms. The molecule has 0 spiro atoms. The van der Waals surface area contributed by atoms with Gasteiger partial charge in [0.25, 0.3) is 0 Å². The van der Waals surface area contributed by atoms with Gasteiger partial charge in [-0.25, -0.2) is 9.97 Å². The van der Waals surface area contributed by atoms with Crippen LogP contribution in [0.15, 0.2) is 6.07 Å². The summed E-state index contributed by atoms with van der Waals surface area (Å²) in [6.07, 6.45) is 7.01. The first-order chi connectivity index (χ1) is 10.2. The van der Waals surface area contributed by atoms with Gasteiger partial charge < -0.3 is 15.7 Å². The molecular weight excluding hydrogens is 264 g/mol. The Bertz CT molecular complexity index is 414. The van der Waals surface area contributed by atoms with E-state index in [0.29, 0.717) is 0 Å². The second kappa shape index (κ2) is 8.17. The topological polar surface area (TPSA) is 70.1 Å². The highest BCUT2D eigenvalue weighted by Crippen LogP contribution is 2.22. The van der Waals surface area contributed by atoms with Crippen molar-refractivity contribution in [2.24, 2.45) is 0 Å². The van der Waals surface area contributed by atoms with E-state index >= 15 is 0 Å². The fraction of sp³-hybridized carbons (Fsp3) is 0.750. The van der Waals surface area contributed by atoms with Gasteiger partial charge in [0.15, 0.2) is 0 Å². The number of anilines is 2. The molecule has 21 heavy (non-hydrogen) atoms. The van der Waals surface area contributed by atoms with Crippen LogP contribution >= 0.6 is 0 Å². The van der Waals surface area contributed by atoms with E-state index in [9.17, 15) is 5.11 Å². The maximum atomic E-state index is 10.2. The minimum absolute atomic E-state index is 0.103. The van der Waals surface area contributed by atoms with Crippen LogP contribution in [0.1, 0.15) is 58.2 Å². The molecule has 3 N–H and O–H groups in total. The fourth-order valence-electron chi connectivity index (χ4n) is 2.82. The molecule has 2 atom stereocenters. The van der Waals surface area contributed by atoms with Gasteiger partial charge in [-0.1, -0.05) is 26.2 Å². The number of hydrogen-bond donors (Lipinski definition) is 3. The predicted molar refractivity (Wildman–Crippen MR) is 86.7 cm³/mol. The normalized spacial score (nSPS) is 22.6. The van der Waals surface area contributed by atoms with E-state index in [1.807, 2.05) is 6.07 Å². The Kier molecular flexibility index (Phi) is 6.23. The van der Waals surface area contributed by atoms with Crippen molar-refractivity contribution in [3.8, 4) is 0 Å². The summed E-state index contributed by atoms with van der Waals surface area (Å²) in [6.45, 7) is 5.03. The van der Waals surface area contributed by atoms with Crippen LogP contribution < -0.4 is 10.6 Å². The van der Waals surface area contributed by atoms with E-state index in [-0.39, 0.29) is 12.1 Å². The van der Waals surface area contributed by atoms with Crippen molar-refractivity contribution in [1.82, 2.24) is 9.97 Å². The summed E-state index contributed by atoms with van der Waals surface area (Å²) in [5.74, 6) is 2.55. The minimum Gasteiger partial charge on any atom is -0.391 e. The summed E-state index contributed by atoms with van der Waals surface area (Å²) in [5, 5.41) is 16.9. The first kappa shape index (κ1) is 16.0. The van der Waals surface area contributed by atoms with Gasteiger partial charge in [0.1, 0.15) is 17.5 Å². The zero-order valence-corrected chi connectivity index (χ0v) is 13.2. The van der Waals surface area contributed by atoms with Crippen molar-refractivity contribution in [3.05, 3.63) is 11.9 Å². The quantitative estimate of drug-likeness (QED) is 0.703. The number of aromatic nitrogens is 2. The van der Waals surface area contributed by atoms with Crippen molar-refractivity contribution in [3.63, 3.8) is 0 Å². The Morgan fingerprint density at radius 1 is 1.14 bits per heavy atom. The highest BCUT2D eigenvalue weighted by Gasteiger charge is 2.22. The fourth-order valence-corrected chi connectivity index (χ4v) is 2.82. The van der Waals surface area contributed by atoms with Crippen LogP contribution in [0.4, 0.5) is 11.6 Å². The van der Waals surface area contributed by atoms with Crippen LogP contribution in [0.2, 0.25) is 0 Å². The van der Waals surface area contributed by atoms with Crippen molar-refractivity contribution in [1.29, 1.82) is 0 Å². The zero-order chi connectivity index (χ0) is 15.1. The van der Waals surface area contributed by atoms with Crippen molar-refractivity contribution in [2.45, 2.75) is 70.9 Å². The number of hydrogen-bond acceptors (Lipinski definition) is 5. The van der Waals surface area contributed by atoms with Gasteiger partial charge in [-0.2, -0.15) is 0 Å². The first-order valence-corrected chi connectivity index (χ1v) is 8.29. The van der Waals surface area contributed by atoms with E-state index in [1.165, 1.54) is 12.8 Å². The summed E-state index contributed by atoms with van der Waals surface area (Å²) >= 11 is 0. The third-order valence-electron chi connectivity index (χ3n) is 3.92. The van der Waals surface area contributed by atoms with E-state index in [2.05, 4.69) is 34.4 Å². The van der Waals surface area contributed by atoms with Gasteiger partial charge in [0, 0.05) is 19.0 Å². The number of nitrogens with one attached hydrogen (secondary N) is 2. The monoisotopic (exact) mass is 292 g/mol. The van der Waals surface area contributed by atoms with Crippen LogP contribution in [0, 0.1) is 0 Å². The molecular formula is C16H28N4O. The lowest BCUT2D eigenvalue weighted by molar-refractivity contribution is 0.144. The molecule has 0 radical (unpaired) electrons. The molecule has 0 amide bonds. The van der Waals surface area contributed by atoms with Crippen molar-refractivity contribution in [2.75, 3.05) is 17.2 Å². The number of aryl methyl sites for hydroxylation is 1. The molecule has 1 aromatic rings. The van der Waals surface area contributed by atoms with Gasteiger partial charge in [-0.05, 0) is 26.2 Å². The summed E-state index contributed by atoms with van der Waals surface area (Å²) in [7, 11) is 0. The van der Waals surface area contributed by atoms with Crippen LogP contribution in [-0.4, -0.2) is 33.8 Å². The van der Waals surface area contributed by atoms with Crippen LogP contribution in [0.3, 0.4) is 0 Å². The smallest absolute Gasteiger partial charge is 0.133 e. The summed E-state index contributed by atoms with van der Waals surface area (Å²) < 4.78 is 0. The lowest BCUT2D eigenvalue weighted by atomic mass is 10.1. The summed E-state index contributed by atoms with van der Waals surface area (Å²) in [4.78, 5) is 9.11. The summed E-state index contributed by atoms with van der Waals surface area (Å²) in [6, 6.07) is 2.05. The molecule has 0 aromatic carbocycles. The standard InChI is InChI=1S/C16H28N4O/c1-3-8-14-19-15(17-4-2)11-16(20-14)18-12-9-6-5-7-10-13(12)21/h11-13,21H,3-10H2,1-2H3,(H2,17,18,19,20). The Morgan fingerprint density at radius 2 is 1.90 bits per heavy atom. The molecule has 118 valence electrons. The van der Waals surface area contributed by atoms with Gasteiger partial charge in [0.2, 0.25) is 0 Å². The molecule has 0 aliphatic heterocycles. The van der Waals surface area contributed by atoms with Gasteiger partial charge in [0.05, 0.1) is 12.1 Å². The van der Waals surface area contributed by atoms with E-state index in [4.69, 9.17) is 0 Å². The lowest BCUT2D eigenvalue weighted by Crippen LogP contribution is -2.33. The van der Waals surface area contributed by atoms with Crippen LogP contribution in [0.5, 0.6) is 0 Å². The Morgan fingerprint density at radius 3 is 2.67 bits per heavy atom. The summed E-state index contributed by atoms with van der Waals surface area (Å²) in [5.41, 5.74) is 0. The molecule has 1 heterocycles. The van der Waals surface area contributed by atoms with Gasteiger partial charge in [-0.15, -0.1) is 0 Å². The van der Waals surface area contributed by atoms with Gasteiger partial charge in [-0.3, -0.25) is 0 Å². The Hall–Kier alpha value is -1.36. The largest absolute Gasteiger partial charge is 0.391 e. The first-order valence-electron chi connectivity index (χ1n) is 8.29. The Labute approximate surface area is 127 Å². The highest BCUT2D eigenvalue weighted by atomic mass is 16.3. The number of nitrogens with zero attached hydrogens (tertiary/aromatic N) is 2. The molecule has 2 rings (SSSR count).